The molecule has 1 aromatic heterocycles. The lowest BCUT2D eigenvalue weighted by Crippen LogP contribution is -2.28. The smallest absolute Gasteiger partial charge is 0.258 e. The van der Waals surface area contributed by atoms with Crippen LogP contribution < -0.4 is 10.1 Å². The summed E-state index contributed by atoms with van der Waals surface area (Å²) < 4.78 is 7.42. The summed E-state index contributed by atoms with van der Waals surface area (Å²) in [6.07, 6.45) is 3.71. The molecule has 1 amide bonds. The molecule has 3 aromatic carbocycles. The van der Waals surface area contributed by atoms with Gasteiger partial charge < -0.3 is 10.1 Å². The molecule has 166 valence electrons. The summed E-state index contributed by atoms with van der Waals surface area (Å²) in [5.41, 5.74) is 4.96. The third kappa shape index (κ3) is 5.95. The molecule has 33 heavy (non-hydrogen) atoms. The minimum Gasteiger partial charge on any atom is -0.484 e. The Labute approximate surface area is 192 Å². The van der Waals surface area contributed by atoms with Crippen molar-refractivity contribution >= 4 is 11.7 Å². The largest absolute Gasteiger partial charge is 0.484 e. The first-order valence-corrected chi connectivity index (χ1v) is 10.7. The number of carbonyl (C=O) groups excluding carboxylic acids is 2. The van der Waals surface area contributed by atoms with E-state index in [4.69, 9.17) is 4.74 Å². The second-order valence-electron chi connectivity index (χ2n) is 7.70. The Hall–Kier alpha value is -4.19. The fourth-order valence-corrected chi connectivity index (χ4v) is 3.51. The predicted octanol–water partition coefficient (Wildman–Crippen LogP) is 4.50. The van der Waals surface area contributed by atoms with Crippen molar-refractivity contribution in [1.29, 1.82) is 0 Å². The van der Waals surface area contributed by atoms with Crippen molar-refractivity contribution in [1.82, 2.24) is 15.1 Å². The van der Waals surface area contributed by atoms with Crippen LogP contribution in [0.2, 0.25) is 0 Å². The van der Waals surface area contributed by atoms with E-state index in [1.165, 1.54) is 12.5 Å². The molecule has 0 saturated heterocycles. The van der Waals surface area contributed by atoms with Crippen molar-refractivity contribution < 1.29 is 14.3 Å². The van der Waals surface area contributed by atoms with Crippen LogP contribution in [0.1, 0.15) is 28.4 Å². The van der Waals surface area contributed by atoms with Gasteiger partial charge in [-0.25, -0.2) is 0 Å². The minimum absolute atomic E-state index is 0.00879. The van der Waals surface area contributed by atoms with Crippen LogP contribution in [0.25, 0.3) is 11.1 Å². The topological polar surface area (TPSA) is 73.2 Å². The first kappa shape index (κ1) is 22.0. The van der Waals surface area contributed by atoms with Gasteiger partial charge in [-0.2, -0.15) is 5.10 Å². The zero-order valence-electron chi connectivity index (χ0n) is 18.4. The lowest BCUT2D eigenvalue weighted by atomic mass is 9.98. The zero-order chi connectivity index (χ0) is 23.0. The first-order chi connectivity index (χ1) is 16.1. The molecule has 6 nitrogen and oxygen atoms in total. The van der Waals surface area contributed by atoms with E-state index in [9.17, 15) is 9.59 Å². The number of amides is 1. The van der Waals surface area contributed by atoms with E-state index in [-0.39, 0.29) is 18.3 Å². The maximum absolute atomic E-state index is 12.3. The van der Waals surface area contributed by atoms with Crippen LogP contribution in [-0.2, 0) is 17.9 Å². The molecule has 1 heterocycles. The molecule has 0 spiro atoms. The number of hydrogen-bond acceptors (Lipinski definition) is 4. The Morgan fingerprint density at radius 3 is 2.39 bits per heavy atom. The SMILES string of the molecule is CC(=O)c1ccc(OCC(=O)NCc2ccccc2-c2ccc(Cn3cccn3)cc2)cc1. The lowest BCUT2D eigenvalue weighted by Gasteiger charge is -2.12. The normalized spacial score (nSPS) is 10.6. The third-order valence-corrected chi connectivity index (χ3v) is 5.29. The van der Waals surface area contributed by atoms with Crippen molar-refractivity contribution in [3.63, 3.8) is 0 Å². The Morgan fingerprint density at radius 2 is 1.70 bits per heavy atom. The quantitative estimate of drug-likeness (QED) is 0.390. The number of aromatic nitrogens is 2. The van der Waals surface area contributed by atoms with Gasteiger partial charge in [-0.1, -0.05) is 48.5 Å². The van der Waals surface area contributed by atoms with E-state index < -0.39 is 0 Å². The fourth-order valence-electron chi connectivity index (χ4n) is 3.51. The maximum Gasteiger partial charge on any atom is 0.258 e. The molecule has 0 aliphatic carbocycles. The third-order valence-electron chi connectivity index (χ3n) is 5.29. The summed E-state index contributed by atoms with van der Waals surface area (Å²) in [7, 11) is 0. The highest BCUT2D eigenvalue weighted by atomic mass is 16.5. The molecule has 0 saturated carbocycles. The van der Waals surface area contributed by atoms with Crippen LogP contribution in [0.5, 0.6) is 5.75 Å². The molecule has 0 radical (unpaired) electrons. The maximum atomic E-state index is 12.3. The van der Waals surface area contributed by atoms with Gasteiger partial charge in [0.25, 0.3) is 5.91 Å². The van der Waals surface area contributed by atoms with Gasteiger partial charge in [0.1, 0.15) is 5.75 Å². The van der Waals surface area contributed by atoms with Crippen LogP contribution in [0, 0.1) is 0 Å². The molecule has 0 atom stereocenters. The highest BCUT2D eigenvalue weighted by Crippen LogP contribution is 2.24. The average molecular weight is 440 g/mol. The van der Waals surface area contributed by atoms with E-state index in [2.05, 4.69) is 40.7 Å². The van der Waals surface area contributed by atoms with Crippen molar-refractivity contribution in [3.8, 4) is 16.9 Å². The van der Waals surface area contributed by atoms with Gasteiger partial charge in [0.15, 0.2) is 12.4 Å². The molecule has 0 aliphatic rings. The average Bonchev–Trinajstić information content (AvgIpc) is 3.35. The lowest BCUT2D eigenvalue weighted by molar-refractivity contribution is -0.123. The molecule has 4 aromatic rings. The highest BCUT2D eigenvalue weighted by Gasteiger charge is 2.08. The molecule has 6 heteroatoms. The molecular formula is C27H25N3O3. The number of nitrogens with zero attached hydrogens (tertiary/aromatic N) is 2. The summed E-state index contributed by atoms with van der Waals surface area (Å²) >= 11 is 0. The highest BCUT2D eigenvalue weighted by molar-refractivity contribution is 5.94. The number of carbonyl (C=O) groups is 2. The van der Waals surface area contributed by atoms with Crippen molar-refractivity contribution in [2.75, 3.05) is 6.61 Å². The fraction of sp³-hybridized carbons (Fsp3) is 0.148. The molecule has 0 fully saturated rings. The first-order valence-electron chi connectivity index (χ1n) is 10.7. The van der Waals surface area contributed by atoms with Crippen molar-refractivity contribution in [3.05, 3.63) is 108 Å². The molecule has 0 unspecified atom stereocenters. The molecule has 0 bridgehead atoms. The summed E-state index contributed by atoms with van der Waals surface area (Å²) in [5.74, 6) is 0.325. The molecule has 0 aliphatic heterocycles. The van der Waals surface area contributed by atoms with Gasteiger partial charge in [0, 0.05) is 24.5 Å². The molecular weight excluding hydrogens is 414 g/mol. The summed E-state index contributed by atoms with van der Waals surface area (Å²) in [6, 6.07) is 25.1. The minimum atomic E-state index is -0.213. The number of Topliss-reactive ketones (excluding diaryl/α,β-unsaturated/α-hetero) is 1. The summed E-state index contributed by atoms with van der Waals surface area (Å²) in [4.78, 5) is 23.7. The second-order valence-corrected chi connectivity index (χ2v) is 7.70. The van der Waals surface area contributed by atoms with Crippen molar-refractivity contribution in [2.24, 2.45) is 0 Å². The van der Waals surface area contributed by atoms with E-state index in [0.29, 0.717) is 17.9 Å². The number of hydrogen-bond donors (Lipinski definition) is 1. The Kier molecular flexibility index (Phi) is 6.95. The van der Waals surface area contributed by atoms with Gasteiger partial charge in [0.2, 0.25) is 0 Å². The van der Waals surface area contributed by atoms with Crippen LogP contribution in [0.3, 0.4) is 0 Å². The number of benzene rings is 3. The number of nitrogens with one attached hydrogen (secondary N) is 1. The van der Waals surface area contributed by atoms with E-state index in [0.717, 1.165) is 23.2 Å². The Bertz CT molecular complexity index is 1210. The number of ketones is 1. The van der Waals surface area contributed by atoms with Gasteiger partial charge in [-0.15, -0.1) is 0 Å². The summed E-state index contributed by atoms with van der Waals surface area (Å²) in [5, 5.41) is 7.17. The van der Waals surface area contributed by atoms with Crippen LogP contribution in [-0.4, -0.2) is 28.1 Å². The predicted molar refractivity (Wildman–Crippen MR) is 127 cm³/mol. The van der Waals surface area contributed by atoms with E-state index in [1.54, 1.807) is 30.5 Å². The molecule has 1 N–H and O–H groups in total. The van der Waals surface area contributed by atoms with Gasteiger partial charge in [-0.3, -0.25) is 14.3 Å². The van der Waals surface area contributed by atoms with Gasteiger partial charge in [-0.05, 0) is 59.5 Å². The zero-order valence-corrected chi connectivity index (χ0v) is 18.4. The van der Waals surface area contributed by atoms with E-state index in [1.807, 2.05) is 35.1 Å². The Balaban J connectivity index is 1.34. The second kappa shape index (κ2) is 10.4. The van der Waals surface area contributed by atoms with Gasteiger partial charge in [0.05, 0.1) is 6.54 Å². The molecule has 4 rings (SSSR count). The van der Waals surface area contributed by atoms with Crippen LogP contribution in [0.15, 0.2) is 91.3 Å². The van der Waals surface area contributed by atoms with Gasteiger partial charge >= 0.3 is 0 Å². The van der Waals surface area contributed by atoms with Crippen LogP contribution >= 0.6 is 0 Å². The number of ether oxygens (including phenoxy) is 1. The van der Waals surface area contributed by atoms with Crippen molar-refractivity contribution in [2.45, 2.75) is 20.0 Å². The summed E-state index contributed by atoms with van der Waals surface area (Å²) in [6.45, 7) is 2.54. The monoisotopic (exact) mass is 439 g/mol. The van der Waals surface area contributed by atoms with E-state index >= 15 is 0 Å². The number of rotatable bonds is 9. The Morgan fingerprint density at radius 1 is 0.939 bits per heavy atom. The van der Waals surface area contributed by atoms with Crippen LogP contribution in [0.4, 0.5) is 0 Å². The standard InChI is InChI=1S/C27H25N3O3/c1-20(31)22-11-13-25(14-12-22)33-19-27(32)28-17-24-5-2-3-6-26(24)23-9-7-21(8-10-23)18-30-16-4-15-29-30/h2-16H,17-19H2,1H3,(H,28,32).